The molecule has 0 saturated carbocycles. The topological polar surface area (TPSA) is 81.0 Å². The van der Waals surface area contributed by atoms with Crippen molar-refractivity contribution < 1.29 is 4.74 Å². The van der Waals surface area contributed by atoms with Gasteiger partial charge in [0.05, 0.1) is 6.07 Å². The lowest BCUT2D eigenvalue weighted by Crippen LogP contribution is -2.10. The molecule has 18 heavy (non-hydrogen) atoms. The highest BCUT2D eigenvalue weighted by molar-refractivity contribution is 9.10. The molecule has 1 heterocycles. The summed E-state index contributed by atoms with van der Waals surface area (Å²) in [5.41, 5.74) is 6.03. The maximum atomic E-state index is 11.4. The second-order valence-electron chi connectivity index (χ2n) is 3.71. The van der Waals surface area contributed by atoms with Crippen molar-refractivity contribution in [2.45, 2.75) is 13.3 Å². The van der Waals surface area contributed by atoms with Crippen molar-refractivity contribution in [1.82, 2.24) is 9.97 Å². The number of H-pyrrole nitrogens is 1. The number of aromatic nitrogens is 2. The Morgan fingerprint density at radius 3 is 2.83 bits per heavy atom. The number of nitrogens with zero attached hydrogens (tertiary/aromatic N) is 1. The number of nitrogens with two attached hydrogens (primary N) is 1. The number of aromatic amines is 1. The first-order valence-electron chi connectivity index (χ1n) is 5.41. The average Bonchev–Trinajstić information content (AvgIpc) is 2.26. The van der Waals surface area contributed by atoms with E-state index in [0.29, 0.717) is 23.7 Å². The molecule has 6 heteroatoms. The predicted molar refractivity (Wildman–Crippen MR) is 72.9 cm³/mol. The zero-order chi connectivity index (χ0) is 13.1. The number of halogens is 1. The van der Waals surface area contributed by atoms with E-state index in [2.05, 4.69) is 25.9 Å². The van der Waals surface area contributed by atoms with Gasteiger partial charge in [0.1, 0.15) is 11.6 Å². The second-order valence-corrected chi connectivity index (χ2v) is 4.62. The maximum absolute atomic E-state index is 11.4. The summed E-state index contributed by atoms with van der Waals surface area (Å²) in [6.07, 6.45) is 0.632. The Balaban J connectivity index is 2.33. The molecule has 1 aromatic carbocycles. The van der Waals surface area contributed by atoms with Gasteiger partial charge in [-0.3, -0.25) is 4.79 Å². The normalized spacial score (nSPS) is 10.3. The van der Waals surface area contributed by atoms with Crippen molar-refractivity contribution in [3.8, 4) is 11.6 Å². The third kappa shape index (κ3) is 3.10. The molecule has 1 aromatic heterocycles. The number of nitrogen functional groups attached to an aromatic ring is 1. The lowest BCUT2D eigenvalue weighted by atomic mass is 10.3. The third-order valence-electron chi connectivity index (χ3n) is 2.22. The average molecular weight is 310 g/mol. The van der Waals surface area contributed by atoms with Gasteiger partial charge in [-0.25, -0.2) is 0 Å². The Morgan fingerprint density at radius 2 is 2.17 bits per heavy atom. The monoisotopic (exact) mass is 309 g/mol. The summed E-state index contributed by atoms with van der Waals surface area (Å²) in [4.78, 5) is 18.2. The standard InChI is InChI=1S/C12H12BrN3O2/c1-2-10-15-11(17)6-12(16-10)18-9-4-7(13)3-8(14)5-9/h3-6H,2,14H2,1H3,(H,15,16,17). The van der Waals surface area contributed by atoms with Gasteiger partial charge < -0.3 is 15.5 Å². The summed E-state index contributed by atoms with van der Waals surface area (Å²) in [6, 6.07) is 6.48. The quantitative estimate of drug-likeness (QED) is 0.853. The van der Waals surface area contributed by atoms with Crippen LogP contribution in [0.25, 0.3) is 0 Å². The largest absolute Gasteiger partial charge is 0.439 e. The highest BCUT2D eigenvalue weighted by Crippen LogP contribution is 2.25. The zero-order valence-electron chi connectivity index (χ0n) is 9.74. The fourth-order valence-corrected chi connectivity index (χ4v) is 1.96. The van der Waals surface area contributed by atoms with Crippen LogP contribution in [0.3, 0.4) is 0 Å². The van der Waals surface area contributed by atoms with Crippen LogP contribution in [0.1, 0.15) is 12.7 Å². The molecular weight excluding hydrogens is 298 g/mol. The van der Waals surface area contributed by atoms with Crippen LogP contribution in [0.5, 0.6) is 11.6 Å². The van der Waals surface area contributed by atoms with Crippen LogP contribution in [-0.2, 0) is 6.42 Å². The molecule has 0 fully saturated rings. The van der Waals surface area contributed by atoms with Crippen LogP contribution < -0.4 is 16.0 Å². The Bertz CT molecular complexity index is 605. The van der Waals surface area contributed by atoms with E-state index in [1.165, 1.54) is 6.07 Å². The minimum absolute atomic E-state index is 0.236. The zero-order valence-corrected chi connectivity index (χ0v) is 11.3. The van der Waals surface area contributed by atoms with Crippen LogP contribution in [-0.4, -0.2) is 9.97 Å². The van der Waals surface area contributed by atoms with Crippen LogP contribution in [0, 0.1) is 0 Å². The smallest absolute Gasteiger partial charge is 0.254 e. The van der Waals surface area contributed by atoms with Crippen LogP contribution in [0.2, 0.25) is 0 Å². The fourth-order valence-electron chi connectivity index (χ4n) is 1.47. The third-order valence-corrected chi connectivity index (χ3v) is 2.68. The fraction of sp³-hybridized carbons (Fsp3) is 0.167. The van der Waals surface area contributed by atoms with Gasteiger partial charge in [0, 0.05) is 22.6 Å². The molecule has 0 aliphatic heterocycles. The van der Waals surface area contributed by atoms with E-state index in [0.717, 1.165) is 4.47 Å². The van der Waals surface area contributed by atoms with Crippen LogP contribution in [0.4, 0.5) is 5.69 Å². The molecule has 2 rings (SSSR count). The van der Waals surface area contributed by atoms with Crippen molar-refractivity contribution in [2.24, 2.45) is 0 Å². The highest BCUT2D eigenvalue weighted by Gasteiger charge is 2.04. The van der Waals surface area contributed by atoms with Crippen molar-refractivity contribution in [3.63, 3.8) is 0 Å². The van der Waals surface area contributed by atoms with Gasteiger partial charge in [-0.05, 0) is 12.1 Å². The molecule has 0 amide bonds. The molecule has 0 aliphatic rings. The van der Waals surface area contributed by atoms with E-state index < -0.39 is 0 Å². The van der Waals surface area contributed by atoms with Gasteiger partial charge in [0.15, 0.2) is 0 Å². The minimum Gasteiger partial charge on any atom is -0.439 e. The SMILES string of the molecule is CCc1nc(Oc2cc(N)cc(Br)c2)cc(=O)[nH]1. The maximum Gasteiger partial charge on any atom is 0.254 e. The number of anilines is 1. The highest BCUT2D eigenvalue weighted by atomic mass is 79.9. The second kappa shape index (κ2) is 5.22. The summed E-state index contributed by atoms with van der Waals surface area (Å²) >= 11 is 3.32. The van der Waals surface area contributed by atoms with Gasteiger partial charge in [-0.15, -0.1) is 0 Å². The Labute approximate surface area is 112 Å². The van der Waals surface area contributed by atoms with E-state index in [-0.39, 0.29) is 11.4 Å². The molecule has 2 aromatic rings. The molecule has 0 aliphatic carbocycles. The molecule has 0 spiro atoms. The number of hydrogen-bond donors (Lipinski definition) is 2. The molecule has 0 unspecified atom stereocenters. The number of ether oxygens (including phenoxy) is 1. The first kappa shape index (κ1) is 12.6. The van der Waals surface area contributed by atoms with Gasteiger partial charge in [-0.1, -0.05) is 22.9 Å². The molecule has 0 radical (unpaired) electrons. The van der Waals surface area contributed by atoms with E-state index in [1.54, 1.807) is 18.2 Å². The minimum atomic E-state index is -0.236. The first-order chi connectivity index (χ1) is 8.56. The van der Waals surface area contributed by atoms with Crippen molar-refractivity contribution in [1.29, 1.82) is 0 Å². The Hall–Kier alpha value is -1.82. The summed E-state index contributed by atoms with van der Waals surface area (Å²) in [5, 5.41) is 0. The summed E-state index contributed by atoms with van der Waals surface area (Å²) in [6.45, 7) is 1.90. The van der Waals surface area contributed by atoms with Crippen molar-refractivity contribution >= 4 is 21.6 Å². The van der Waals surface area contributed by atoms with Crippen molar-refractivity contribution in [2.75, 3.05) is 5.73 Å². The molecule has 0 atom stereocenters. The number of nitrogens with one attached hydrogen (secondary N) is 1. The van der Waals surface area contributed by atoms with Gasteiger partial charge >= 0.3 is 0 Å². The summed E-state index contributed by atoms with van der Waals surface area (Å²) < 4.78 is 6.33. The summed E-state index contributed by atoms with van der Waals surface area (Å²) in [5.74, 6) is 1.37. The lowest BCUT2D eigenvalue weighted by molar-refractivity contribution is 0.457. The van der Waals surface area contributed by atoms with Crippen molar-refractivity contribution in [3.05, 3.63) is 44.9 Å². The van der Waals surface area contributed by atoms with E-state index in [1.807, 2.05) is 6.92 Å². The molecule has 94 valence electrons. The van der Waals surface area contributed by atoms with Crippen LogP contribution >= 0.6 is 15.9 Å². The Morgan fingerprint density at radius 1 is 1.39 bits per heavy atom. The Kier molecular flexibility index (Phi) is 3.66. The van der Waals surface area contributed by atoms with Gasteiger partial charge in [0.25, 0.3) is 5.56 Å². The predicted octanol–water partition coefficient (Wildman–Crippen LogP) is 2.47. The summed E-state index contributed by atoms with van der Waals surface area (Å²) in [7, 11) is 0. The molecule has 3 N–H and O–H groups in total. The number of hydrogen-bond acceptors (Lipinski definition) is 4. The molecule has 0 saturated heterocycles. The number of benzene rings is 1. The van der Waals surface area contributed by atoms with E-state index in [9.17, 15) is 4.79 Å². The lowest BCUT2D eigenvalue weighted by Gasteiger charge is -2.07. The van der Waals surface area contributed by atoms with Crippen LogP contribution in [0.15, 0.2) is 33.5 Å². The number of rotatable bonds is 3. The van der Waals surface area contributed by atoms with E-state index in [4.69, 9.17) is 10.5 Å². The van der Waals surface area contributed by atoms with E-state index >= 15 is 0 Å². The number of aryl methyl sites for hydroxylation is 1. The van der Waals surface area contributed by atoms with Gasteiger partial charge in [0.2, 0.25) is 5.88 Å². The van der Waals surface area contributed by atoms with Gasteiger partial charge in [-0.2, -0.15) is 4.98 Å². The molecule has 0 bridgehead atoms. The first-order valence-corrected chi connectivity index (χ1v) is 6.20. The molecule has 5 nitrogen and oxygen atoms in total. The molecular formula is C12H12BrN3O2.